The van der Waals surface area contributed by atoms with Crippen LogP contribution >= 0.6 is 0 Å². The number of hydrogen-bond acceptors (Lipinski definition) is 2. The van der Waals surface area contributed by atoms with Crippen LogP contribution in [0.5, 0.6) is 0 Å². The Morgan fingerprint density at radius 1 is 1.05 bits per heavy atom. The van der Waals surface area contributed by atoms with E-state index < -0.39 is 0 Å². The summed E-state index contributed by atoms with van der Waals surface area (Å²) in [7, 11) is 0. The molecule has 1 saturated heterocycles. The van der Waals surface area contributed by atoms with E-state index in [9.17, 15) is 9.59 Å². The number of nitrogens with one attached hydrogen (secondary N) is 1. The number of piperazine rings is 1. The second-order valence-corrected chi connectivity index (χ2v) is 5.46. The summed E-state index contributed by atoms with van der Waals surface area (Å²) in [6, 6.07) is 8.31. The Labute approximate surface area is 125 Å². The van der Waals surface area contributed by atoms with Crippen molar-refractivity contribution in [1.29, 1.82) is 0 Å². The Balaban J connectivity index is 1.70. The Morgan fingerprint density at radius 2 is 1.62 bits per heavy atom. The van der Waals surface area contributed by atoms with Crippen molar-refractivity contribution in [2.45, 2.75) is 20.3 Å². The van der Waals surface area contributed by atoms with Crippen LogP contribution < -0.4 is 5.32 Å². The van der Waals surface area contributed by atoms with E-state index in [0.29, 0.717) is 32.7 Å². The van der Waals surface area contributed by atoms with Gasteiger partial charge in [0.05, 0.1) is 0 Å². The van der Waals surface area contributed by atoms with Gasteiger partial charge in [0.1, 0.15) is 0 Å². The Hall–Kier alpha value is -2.04. The van der Waals surface area contributed by atoms with Crippen molar-refractivity contribution in [2.24, 2.45) is 0 Å². The quantitative estimate of drug-likeness (QED) is 0.915. The predicted molar refractivity (Wildman–Crippen MR) is 82.1 cm³/mol. The van der Waals surface area contributed by atoms with Gasteiger partial charge in [-0.2, -0.15) is 0 Å². The minimum absolute atomic E-state index is 0.0367. The van der Waals surface area contributed by atoms with Crippen LogP contribution in [0.4, 0.5) is 4.79 Å². The Bertz CT molecular complexity index is 491. The number of hydrogen-bond donors (Lipinski definition) is 1. The maximum absolute atomic E-state index is 12.0. The summed E-state index contributed by atoms with van der Waals surface area (Å²) in [5.74, 6) is 0.0782. The molecule has 2 rings (SSSR count). The number of urea groups is 1. The highest BCUT2D eigenvalue weighted by Crippen LogP contribution is 2.04. The van der Waals surface area contributed by atoms with Crippen molar-refractivity contribution in [2.75, 3.05) is 32.7 Å². The Kier molecular flexibility index (Phi) is 5.20. The van der Waals surface area contributed by atoms with E-state index in [0.717, 1.165) is 6.42 Å². The van der Waals surface area contributed by atoms with Gasteiger partial charge in [0.15, 0.2) is 0 Å². The molecule has 0 unspecified atom stereocenters. The molecule has 1 heterocycles. The molecule has 0 radical (unpaired) electrons. The van der Waals surface area contributed by atoms with Crippen molar-refractivity contribution >= 4 is 11.9 Å². The van der Waals surface area contributed by atoms with Crippen molar-refractivity contribution in [3.05, 3.63) is 35.4 Å². The number of aryl methyl sites for hydroxylation is 1. The lowest BCUT2D eigenvalue weighted by molar-refractivity contribution is -0.130. The molecule has 1 aromatic rings. The van der Waals surface area contributed by atoms with Crippen LogP contribution in [0.15, 0.2) is 24.3 Å². The first kappa shape index (κ1) is 15.4. The van der Waals surface area contributed by atoms with Gasteiger partial charge < -0.3 is 15.1 Å². The molecular weight excluding hydrogens is 266 g/mol. The molecular formula is C16H23N3O2. The maximum Gasteiger partial charge on any atom is 0.317 e. The molecule has 0 spiro atoms. The van der Waals surface area contributed by atoms with E-state index in [4.69, 9.17) is 0 Å². The molecule has 0 atom stereocenters. The van der Waals surface area contributed by atoms with E-state index >= 15 is 0 Å². The topological polar surface area (TPSA) is 52.7 Å². The van der Waals surface area contributed by atoms with Crippen LogP contribution in [-0.2, 0) is 11.2 Å². The van der Waals surface area contributed by atoms with Crippen molar-refractivity contribution in [3.8, 4) is 0 Å². The van der Waals surface area contributed by atoms with Gasteiger partial charge >= 0.3 is 6.03 Å². The van der Waals surface area contributed by atoms with Gasteiger partial charge in [0, 0.05) is 39.6 Å². The molecule has 0 saturated carbocycles. The molecule has 1 aromatic carbocycles. The van der Waals surface area contributed by atoms with E-state index in [2.05, 4.69) is 36.5 Å². The highest BCUT2D eigenvalue weighted by molar-refractivity contribution is 5.76. The first-order chi connectivity index (χ1) is 10.1. The van der Waals surface area contributed by atoms with Crippen molar-refractivity contribution in [1.82, 2.24) is 15.1 Å². The fourth-order valence-corrected chi connectivity index (χ4v) is 2.40. The fraction of sp³-hybridized carbons (Fsp3) is 0.500. The SMILES string of the molecule is CC(=O)N1CCN(C(=O)NCCc2ccc(C)cc2)CC1. The van der Waals surface area contributed by atoms with Gasteiger partial charge in [-0.3, -0.25) is 4.79 Å². The molecule has 5 heteroatoms. The lowest BCUT2D eigenvalue weighted by Crippen LogP contribution is -2.52. The standard InChI is InChI=1S/C16H23N3O2/c1-13-3-5-15(6-4-13)7-8-17-16(21)19-11-9-18(10-12-19)14(2)20/h3-6H,7-12H2,1-2H3,(H,17,21). The molecule has 1 N–H and O–H groups in total. The van der Waals surface area contributed by atoms with Crippen molar-refractivity contribution < 1.29 is 9.59 Å². The zero-order chi connectivity index (χ0) is 15.2. The molecule has 1 aliphatic rings. The highest BCUT2D eigenvalue weighted by atomic mass is 16.2. The number of benzene rings is 1. The predicted octanol–water partition coefficient (Wildman–Crippen LogP) is 1.41. The molecule has 5 nitrogen and oxygen atoms in total. The van der Waals surface area contributed by atoms with Crippen molar-refractivity contribution in [3.63, 3.8) is 0 Å². The number of nitrogens with zero attached hydrogens (tertiary/aromatic N) is 2. The molecule has 0 aromatic heterocycles. The van der Waals surface area contributed by atoms with E-state index in [1.165, 1.54) is 11.1 Å². The number of carbonyl (C=O) groups excluding carboxylic acids is 2. The normalized spacial score (nSPS) is 15.0. The minimum Gasteiger partial charge on any atom is -0.339 e. The van der Waals surface area contributed by atoms with Crippen LogP contribution in [-0.4, -0.2) is 54.5 Å². The van der Waals surface area contributed by atoms with Crippen LogP contribution in [0.25, 0.3) is 0 Å². The number of amides is 3. The molecule has 0 bridgehead atoms. The lowest BCUT2D eigenvalue weighted by atomic mass is 10.1. The average molecular weight is 289 g/mol. The van der Waals surface area contributed by atoms with E-state index in [-0.39, 0.29) is 11.9 Å². The molecule has 1 fully saturated rings. The van der Waals surface area contributed by atoms with E-state index in [1.807, 2.05) is 0 Å². The third kappa shape index (κ3) is 4.48. The second kappa shape index (κ2) is 7.11. The monoisotopic (exact) mass is 289 g/mol. The van der Waals surface area contributed by atoms with Crippen LogP contribution in [0.3, 0.4) is 0 Å². The summed E-state index contributed by atoms with van der Waals surface area (Å²) in [5, 5.41) is 2.94. The van der Waals surface area contributed by atoms with Gasteiger partial charge in [-0.15, -0.1) is 0 Å². The first-order valence-corrected chi connectivity index (χ1v) is 7.40. The molecule has 21 heavy (non-hydrogen) atoms. The van der Waals surface area contributed by atoms with Gasteiger partial charge in [-0.05, 0) is 18.9 Å². The van der Waals surface area contributed by atoms with Crippen LogP contribution in [0.2, 0.25) is 0 Å². The fourth-order valence-electron chi connectivity index (χ4n) is 2.40. The summed E-state index contributed by atoms with van der Waals surface area (Å²) >= 11 is 0. The summed E-state index contributed by atoms with van der Waals surface area (Å²) < 4.78 is 0. The molecule has 114 valence electrons. The van der Waals surface area contributed by atoms with Gasteiger partial charge in [-0.25, -0.2) is 4.79 Å². The zero-order valence-electron chi connectivity index (χ0n) is 12.8. The van der Waals surface area contributed by atoms with Gasteiger partial charge in [0.2, 0.25) is 5.91 Å². The van der Waals surface area contributed by atoms with Crippen LogP contribution in [0, 0.1) is 6.92 Å². The summed E-state index contributed by atoms with van der Waals surface area (Å²) in [5.41, 5.74) is 2.47. The first-order valence-electron chi connectivity index (χ1n) is 7.40. The zero-order valence-corrected chi connectivity index (χ0v) is 12.8. The summed E-state index contributed by atoms with van der Waals surface area (Å²) in [6.07, 6.45) is 0.833. The molecule has 3 amide bonds. The second-order valence-electron chi connectivity index (χ2n) is 5.46. The van der Waals surface area contributed by atoms with E-state index in [1.54, 1.807) is 16.7 Å². The average Bonchev–Trinajstić information content (AvgIpc) is 2.49. The molecule has 1 aliphatic heterocycles. The third-order valence-electron chi connectivity index (χ3n) is 3.82. The largest absolute Gasteiger partial charge is 0.339 e. The maximum atomic E-state index is 12.0. The summed E-state index contributed by atoms with van der Waals surface area (Å²) in [6.45, 7) is 6.73. The number of rotatable bonds is 3. The lowest BCUT2D eigenvalue weighted by Gasteiger charge is -2.34. The molecule has 0 aliphatic carbocycles. The third-order valence-corrected chi connectivity index (χ3v) is 3.82. The number of carbonyl (C=O) groups is 2. The summed E-state index contributed by atoms with van der Waals surface area (Å²) in [4.78, 5) is 26.8. The smallest absolute Gasteiger partial charge is 0.317 e. The van der Waals surface area contributed by atoms with Crippen LogP contribution in [0.1, 0.15) is 18.1 Å². The highest BCUT2D eigenvalue weighted by Gasteiger charge is 2.21. The van der Waals surface area contributed by atoms with Gasteiger partial charge in [-0.1, -0.05) is 29.8 Å². The Morgan fingerprint density at radius 3 is 2.19 bits per heavy atom. The minimum atomic E-state index is -0.0367. The van der Waals surface area contributed by atoms with Gasteiger partial charge in [0.25, 0.3) is 0 Å².